The number of benzene rings is 3. The van der Waals surface area contributed by atoms with Crippen LogP contribution in [-0.2, 0) is 17.7 Å². The number of hydrogen-bond acceptors (Lipinski definition) is 2. The van der Waals surface area contributed by atoms with Crippen molar-refractivity contribution in [3.8, 4) is 11.1 Å². The van der Waals surface area contributed by atoms with Crippen molar-refractivity contribution in [1.82, 2.24) is 4.90 Å². The molecule has 1 aliphatic rings. The number of rotatable bonds is 4. The Morgan fingerprint density at radius 1 is 0.962 bits per heavy atom. The summed E-state index contributed by atoms with van der Waals surface area (Å²) in [5.41, 5.74) is 5.96. The minimum absolute atomic E-state index is 0.0190. The minimum atomic E-state index is -0.210. The Hall–Kier alpha value is -2.49. The number of nitrogens with zero attached hydrogens (tertiary/aromatic N) is 1. The summed E-state index contributed by atoms with van der Waals surface area (Å²) in [5, 5.41) is 0. The Balaban J connectivity index is 1.54. The lowest BCUT2D eigenvalue weighted by atomic mass is 10.00. The van der Waals surface area contributed by atoms with E-state index in [0.717, 1.165) is 30.7 Å². The molecule has 4 rings (SSSR count). The summed E-state index contributed by atoms with van der Waals surface area (Å²) >= 11 is 0. The molecule has 0 radical (unpaired) electrons. The second kappa shape index (κ2) is 7.40. The number of hydrogen-bond donors (Lipinski definition) is 0. The molecule has 0 aromatic heterocycles. The Morgan fingerprint density at radius 3 is 2.62 bits per heavy atom. The first-order valence-corrected chi connectivity index (χ1v) is 8.95. The fourth-order valence-corrected chi connectivity index (χ4v) is 3.60. The molecule has 0 fully saturated rings. The van der Waals surface area contributed by atoms with Gasteiger partial charge in [-0.1, -0.05) is 54.6 Å². The van der Waals surface area contributed by atoms with Crippen LogP contribution < -0.4 is 0 Å². The monoisotopic (exact) mass is 347 g/mol. The lowest BCUT2D eigenvalue weighted by molar-refractivity contribution is -0.0624. The molecule has 0 bridgehead atoms. The van der Waals surface area contributed by atoms with Crippen LogP contribution in [0.4, 0.5) is 4.39 Å². The molecule has 2 nitrogen and oxygen atoms in total. The highest BCUT2D eigenvalue weighted by Crippen LogP contribution is 2.30. The first kappa shape index (κ1) is 17.0. The molecule has 0 spiro atoms. The molecule has 0 amide bonds. The summed E-state index contributed by atoms with van der Waals surface area (Å²) < 4.78 is 19.2. The van der Waals surface area contributed by atoms with Gasteiger partial charge in [0.1, 0.15) is 12.0 Å². The van der Waals surface area contributed by atoms with Crippen molar-refractivity contribution in [3.63, 3.8) is 0 Å². The van der Waals surface area contributed by atoms with Crippen LogP contribution in [0, 0.1) is 5.82 Å². The van der Waals surface area contributed by atoms with Gasteiger partial charge in [-0.05, 0) is 59.5 Å². The number of ether oxygens (including phenoxy) is 1. The predicted molar refractivity (Wildman–Crippen MR) is 102 cm³/mol. The van der Waals surface area contributed by atoms with Crippen molar-refractivity contribution >= 4 is 0 Å². The van der Waals surface area contributed by atoms with E-state index < -0.39 is 0 Å². The standard InChI is InChI=1S/C23H22FNO/c1-25(23-22-8-3-2-6-19(22)13-14-26-23)16-17-5-4-7-20(15-17)18-9-11-21(24)12-10-18/h2-12,15,23H,13-14,16H2,1H3. The van der Waals surface area contributed by atoms with Crippen molar-refractivity contribution in [2.24, 2.45) is 0 Å². The van der Waals surface area contributed by atoms with E-state index in [4.69, 9.17) is 4.74 Å². The van der Waals surface area contributed by atoms with Gasteiger partial charge in [0, 0.05) is 6.54 Å². The lowest BCUT2D eigenvalue weighted by Crippen LogP contribution is -2.30. The Labute approximate surface area is 153 Å². The maximum absolute atomic E-state index is 13.2. The molecular weight excluding hydrogens is 325 g/mol. The smallest absolute Gasteiger partial charge is 0.137 e. The molecule has 0 saturated carbocycles. The highest BCUT2D eigenvalue weighted by atomic mass is 19.1. The maximum Gasteiger partial charge on any atom is 0.137 e. The van der Waals surface area contributed by atoms with E-state index in [1.54, 1.807) is 0 Å². The molecule has 1 heterocycles. The zero-order valence-electron chi connectivity index (χ0n) is 14.9. The van der Waals surface area contributed by atoms with Crippen LogP contribution >= 0.6 is 0 Å². The normalized spacial score (nSPS) is 16.5. The van der Waals surface area contributed by atoms with Gasteiger partial charge in [-0.2, -0.15) is 0 Å². The molecule has 3 aromatic rings. The zero-order valence-corrected chi connectivity index (χ0v) is 14.9. The van der Waals surface area contributed by atoms with E-state index in [-0.39, 0.29) is 12.0 Å². The molecule has 1 atom stereocenters. The second-order valence-electron chi connectivity index (χ2n) is 6.79. The summed E-state index contributed by atoms with van der Waals surface area (Å²) in [4.78, 5) is 2.24. The van der Waals surface area contributed by atoms with Crippen molar-refractivity contribution < 1.29 is 9.13 Å². The van der Waals surface area contributed by atoms with Gasteiger partial charge in [-0.15, -0.1) is 0 Å². The summed E-state index contributed by atoms with van der Waals surface area (Å²) in [5.74, 6) is -0.210. The van der Waals surface area contributed by atoms with E-state index in [2.05, 4.69) is 60.5 Å². The van der Waals surface area contributed by atoms with Gasteiger partial charge in [-0.25, -0.2) is 4.39 Å². The summed E-state index contributed by atoms with van der Waals surface area (Å²) in [6.45, 7) is 1.54. The van der Waals surface area contributed by atoms with Crippen LogP contribution in [0.15, 0.2) is 72.8 Å². The molecule has 26 heavy (non-hydrogen) atoms. The van der Waals surface area contributed by atoms with Gasteiger partial charge >= 0.3 is 0 Å². The van der Waals surface area contributed by atoms with Crippen molar-refractivity contribution in [1.29, 1.82) is 0 Å². The van der Waals surface area contributed by atoms with E-state index in [0.29, 0.717) is 0 Å². The van der Waals surface area contributed by atoms with Gasteiger partial charge < -0.3 is 4.74 Å². The molecular formula is C23H22FNO. The molecule has 132 valence electrons. The van der Waals surface area contributed by atoms with E-state index >= 15 is 0 Å². The third kappa shape index (κ3) is 3.55. The highest BCUT2D eigenvalue weighted by molar-refractivity contribution is 5.64. The van der Waals surface area contributed by atoms with Crippen molar-refractivity contribution in [2.45, 2.75) is 19.2 Å². The quantitative estimate of drug-likeness (QED) is 0.643. The van der Waals surface area contributed by atoms with Gasteiger partial charge in [0.2, 0.25) is 0 Å². The van der Waals surface area contributed by atoms with Crippen LogP contribution in [0.3, 0.4) is 0 Å². The number of halogens is 1. The van der Waals surface area contributed by atoms with Crippen LogP contribution in [0.1, 0.15) is 22.9 Å². The minimum Gasteiger partial charge on any atom is -0.358 e. The molecule has 1 unspecified atom stereocenters. The Bertz CT molecular complexity index is 891. The Morgan fingerprint density at radius 2 is 1.77 bits per heavy atom. The van der Waals surface area contributed by atoms with Crippen molar-refractivity contribution in [2.75, 3.05) is 13.7 Å². The topological polar surface area (TPSA) is 12.5 Å². The summed E-state index contributed by atoms with van der Waals surface area (Å²) in [7, 11) is 2.09. The van der Waals surface area contributed by atoms with E-state index in [1.807, 2.05) is 12.1 Å². The average molecular weight is 347 g/mol. The van der Waals surface area contributed by atoms with Gasteiger partial charge in [0.05, 0.1) is 6.61 Å². The molecule has 0 N–H and O–H groups in total. The summed E-state index contributed by atoms with van der Waals surface area (Å²) in [6, 6.07) is 23.5. The van der Waals surface area contributed by atoms with E-state index in [9.17, 15) is 4.39 Å². The van der Waals surface area contributed by atoms with Gasteiger partial charge in [0.25, 0.3) is 0 Å². The third-order valence-electron chi connectivity index (χ3n) is 4.91. The third-order valence-corrected chi connectivity index (χ3v) is 4.91. The largest absolute Gasteiger partial charge is 0.358 e. The average Bonchev–Trinajstić information content (AvgIpc) is 2.68. The zero-order chi connectivity index (χ0) is 17.9. The van der Waals surface area contributed by atoms with Gasteiger partial charge in [0.15, 0.2) is 0 Å². The fourth-order valence-electron chi connectivity index (χ4n) is 3.60. The van der Waals surface area contributed by atoms with Crippen LogP contribution in [-0.4, -0.2) is 18.6 Å². The molecule has 3 heteroatoms. The molecule has 3 aromatic carbocycles. The maximum atomic E-state index is 13.2. The fraction of sp³-hybridized carbons (Fsp3) is 0.217. The highest BCUT2D eigenvalue weighted by Gasteiger charge is 2.24. The molecule has 0 aliphatic carbocycles. The second-order valence-corrected chi connectivity index (χ2v) is 6.79. The van der Waals surface area contributed by atoms with Gasteiger partial charge in [-0.3, -0.25) is 4.90 Å². The molecule has 1 aliphatic heterocycles. The lowest BCUT2D eigenvalue weighted by Gasteiger charge is -2.33. The predicted octanol–water partition coefficient (Wildman–Crippen LogP) is 5.20. The number of fused-ring (bicyclic) bond motifs is 1. The van der Waals surface area contributed by atoms with Crippen molar-refractivity contribution in [3.05, 3.63) is 95.3 Å². The van der Waals surface area contributed by atoms with E-state index in [1.165, 1.54) is 28.8 Å². The first-order chi connectivity index (χ1) is 12.7. The van der Waals surface area contributed by atoms with Crippen LogP contribution in [0.25, 0.3) is 11.1 Å². The summed E-state index contributed by atoms with van der Waals surface area (Å²) in [6.07, 6.45) is 0.954. The Kier molecular flexibility index (Phi) is 4.83. The first-order valence-electron chi connectivity index (χ1n) is 8.95. The van der Waals surface area contributed by atoms with Crippen LogP contribution in [0.2, 0.25) is 0 Å². The SMILES string of the molecule is CN(Cc1cccc(-c2ccc(F)cc2)c1)C1OCCc2ccccc21. The van der Waals surface area contributed by atoms with Crippen LogP contribution in [0.5, 0.6) is 0 Å². The molecule has 0 saturated heterocycles.